The topological polar surface area (TPSA) is 78.6 Å². The minimum absolute atomic E-state index is 0.679. The Morgan fingerprint density at radius 1 is 1.42 bits per heavy atom. The first-order valence-electron chi connectivity index (χ1n) is 3.21. The van der Waals surface area contributed by atoms with Gasteiger partial charge in [-0.05, 0) is 0 Å². The van der Waals surface area contributed by atoms with Crippen LogP contribution in [0.15, 0.2) is 12.7 Å². The fraction of sp³-hybridized carbons (Fsp3) is 0.429. The van der Waals surface area contributed by atoms with Crippen molar-refractivity contribution in [1.82, 2.24) is 0 Å². The van der Waals surface area contributed by atoms with E-state index in [2.05, 4.69) is 16.1 Å². The van der Waals surface area contributed by atoms with E-state index in [4.69, 9.17) is 5.73 Å². The van der Waals surface area contributed by atoms with Gasteiger partial charge in [-0.2, -0.15) is 0 Å². The Morgan fingerprint density at radius 2 is 1.92 bits per heavy atom. The SMILES string of the molecule is C=CC(=O)OC(C)(C)OC(N)=O. The number of rotatable bonds is 3. The molecule has 1 amide bonds. The Hall–Kier alpha value is -1.52. The summed E-state index contributed by atoms with van der Waals surface area (Å²) >= 11 is 0. The van der Waals surface area contributed by atoms with Crippen molar-refractivity contribution in [2.45, 2.75) is 19.6 Å². The number of nitrogens with two attached hydrogens (primary N) is 1. The molecule has 0 fully saturated rings. The van der Waals surface area contributed by atoms with Gasteiger partial charge in [0.1, 0.15) is 0 Å². The largest absolute Gasteiger partial charge is 0.420 e. The van der Waals surface area contributed by atoms with Crippen molar-refractivity contribution < 1.29 is 19.1 Å². The number of hydrogen-bond donors (Lipinski definition) is 1. The van der Waals surface area contributed by atoms with Gasteiger partial charge >= 0.3 is 12.1 Å². The summed E-state index contributed by atoms with van der Waals surface area (Å²) in [6.45, 7) is 5.95. The lowest BCUT2D eigenvalue weighted by Gasteiger charge is -2.22. The van der Waals surface area contributed by atoms with Gasteiger partial charge in [-0.3, -0.25) is 0 Å². The molecule has 0 aromatic heterocycles. The molecule has 0 radical (unpaired) electrons. The zero-order valence-electron chi connectivity index (χ0n) is 6.99. The molecule has 0 aliphatic rings. The number of amides is 1. The summed E-state index contributed by atoms with van der Waals surface area (Å²) < 4.78 is 9.08. The molecular weight excluding hydrogens is 162 g/mol. The summed E-state index contributed by atoms with van der Waals surface area (Å²) in [5, 5.41) is 0. The van der Waals surface area contributed by atoms with Crippen LogP contribution < -0.4 is 5.73 Å². The Kier molecular flexibility index (Phi) is 3.28. The van der Waals surface area contributed by atoms with Crippen molar-refractivity contribution in [2.75, 3.05) is 0 Å². The molecule has 0 rings (SSSR count). The zero-order chi connectivity index (χ0) is 9.78. The molecule has 0 bridgehead atoms. The third-order valence-electron chi connectivity index (χ3n) is 0.859. The van der Waals surface area contributed by atoms with Gasteiger partial charge in [-0.1, -0.05) is 6.58 Å². The van der Waals surface area contributed by atoms with Crippen LogP contribution in [-0.4, -0.2) is 17.8 Å². The number of esters is 1. The lowest BCUT2D eigenvalue weighted by Crippen LogP contribution is -2.35. The summed E-state index contributed by atoms with van der Waals surface area (Å²) in [6, 6.07) is 0. The summed E-state index contributed by atoms with van der Waals surface area (Å²) in [5.74, 6) is -2.03. The highest BCUT2D eigenvalue weighted by atomic mass is 16.7. The van der Waals surface area contributed by atoms with Crippen molar-refractivity contribution in [2.24, 2.45) is 5.73 Å². The number of primary amides is 1. The molecule has 0 spiro atoms. The minimum atomic E-state index is -1.35. The van der Waals surface area contributed by atoms with E-state index in [-0.39, 0.29) is 0 Å². The van der Waals surface area contributed by atoms with Crippen LogP contribution in [0, 0.1) is 0 Å². The summed E-state index contributed by atoms with van der Waals surface area (Å²) in [7, 11) is 0. The fourth-order valence-corrected chi connectivity index (χ4v) is 0.547. The van der Waals surface area contributed by atoms with Crippen LogP contribution in [0.4, 0.5) is 4.79 Å². The molecule has 0 heterocycles. The van der Waals surface area contributed by atoms with E-state index in [0.29, 0.717) is 0 Å². The third-order valence-corrected chi connectivity index (χ3v) is 0.859. The normalized spacial score (nSPS) is 10.2. The molecule has 2 N–H and O–H groups in total. The summed E-state index contributed by atoms with van der Waals surface area (Å²) in [5.41, 5.74) is 4.72. The van der Waals surface area contributed by atoms with Gasteiger partial charge in [-0.25, -0.2) is 9.59 Å². The maximum atomic E-state index is 10.6. The molecule has 0 atom stereocenters. The highest BCUT2D eigenvalue weighted by Gasteiger charge is 2.25. The number of ether oxygens (including phenoxy) is 2. The van der Waals surface area contributed by atoms with Gasteiger partial charge in [0, 0.05) is 19.9 Å². The van der Waals surface area contributed by atoms with Gasteiger partial charge in [0.15, 0.2) is 0 Å². The van der Waals surface area contributed by atoms with E-state index in [1.807, 2.05) is 0 Å². The second-order valence-corrected chi connectivity index (χ2v) is 2.45. The van der Waals surface area contributed by atoms with E-state index in [1.165, 1.54) is 13.8 Å². The van der Waals surface area contributed by atoms with Crippen LogP contribution in [-0.2, 0) is 14.3 Å². The third kappa shape index (κ3) is 4.32. The first kappa shape index (κ1) is 10.5. The molecule has 0 saturated carbocycles. The quantitative estimate of drug-likeness (QED) is 0.384. The maximum absolute atomic E-state index is 10.6. The van der Waals surface area contributed by atoms with Gasteiger partial charge in [-0.15, -0.1) is 0 Å². The van der Waals surface area contributed by atoms with Crippen molar-refractivity contribution >= 4 is 12.1 Å². The van der Waals surface area contributed by atoms with E-state index >= 15 is 0 Å². The second-order valence-electron chi connectivity index (χ2n) is 2.45. The molecular formula is C7H11NO4. The van der Waals surface area contributed by atoms with E-state index < -0.39 is 17.8 Å². The summed E-state index contributed by atoms with van der Waals surface area (Å²) in [6.07, 6.45) is -0.0385. The molecule has 0 aliphatic heterocycles. The average molecular weight is 173 g/mol. The van der Waals surface area contributed by atoms with Crippen molar-refractivity contribution in [3.8, 4) is 0 Å². The highest BCUT2D eigenvalue weighted by molar-refractivity contribution is 5.81. The first-order valence-corrected chi connectivity index (χ1v) is 3.21. The number of hydrogen-bond acceptors (Lipinski definition) is 4. The second kappa shape index (κ2) is 3.75. The molecule has 0 aliphatic carbocycles. The molecule has 12 heavy (non-hydrogen) atoms. The first-order chi connectivity index (χ1) is 5.37. The van der Waals surface area contributed by atoms with Crippen LogP contribution in [0.3, 0.4) is 0 Å². The lowest BCUT2D eigenvalue weighted by atomic mass is 10.4. The summed E-state index contributed by atoms with van der Waals surface area (Å²) in [4.78, 5) is 20.9. The Labute approximate surface area is 70.1 Å². The van der Waals surface area contributed by atoms with E-state index in [9.17, 15) is 9.59 Å². The fourth-order valence-electron chi connectivity index (χ4n) is 0.547. The Balaban J connectivity index is 4.11. The average Bonchev–Trinajstić information content (AvgIpc) is 1.83. The Morgan fingerprint density at radius 3 is 2.25 bits per heavy atom. The van der Waals surface area contributed by atoms with Crippen LogP contribution in [0.2, 0.25) is 0 Å². The van der Waals surface area contributed by atoms with Gasteiger partial charge in [0.05, 0.1) is 0 Å². The molecule has 68 valence electrons. The van der Waals surface area contributed by atoms with E-state index in [1.54, 1.807) is 0 Å². The predicted octanol–water partition coefficient (Wildman–Crippen LogP) is 0.547. The van der Waals surface area contributed by atoms with Gasteiger partial charge in [0.2, 0.25) is 0 Å². The smallest absolute Gasteiger partial charge is 0.407 e. The standard InChI is InChI=1S/C7H11NO4/c1-4-5(9)11-7(2,3)12-6(8)10/h4H,1H2,2-3H3,(H2,8,10). The van der Waals surface area contributed by atoms with Crippen LogP contribution in [0.25, 0.3) is 0 Å². The molecule has 0 aromatic carbocycles. The van der Waals surface area contributed by atoms with Crippen LogP contribution >= 0.6 is 0 Å². The highest BCUT2D eigenvalue weighted by Crippen LogP contribution is 2.10. The number of carbonyl (C=O) groups is 2. The number of carbonyl (C=O) groups excluding carboxylic acids is 2. The van der Waals surface area contributed by atoms with E-state index in [0.717, 1.165) is 6.08 Å². The molecule has 5 heteroatoms. The molecule has 0 unspecified atom stereocenters. The molecule has 0 saturated heterocycles. The van der Waals surface area contributed by atoms with Gasteiger partial charge < -0.3 is 15.2 Å². The van der Waals surface area contributed by atoms with Crippen LogP contribution in [0.5, 0.6) is 0 Å². The predicted molar refractivity (Wildman–Crippen MR) is 41.0 cm³/mol. The molecule has 5 nitrogen and oxygen atoms in total. The minimum Gasteiger partial charge on any atom is -0.420 e. The van der Waals surface area contributed by atoms with Crippen molar-refractivity contribution in [3.63, 3.8) is 0 Å². The van der Waals surface area contributed by atoms with Crippen molar-refractivity contribution in [1.29, 1.82) is 0 Å². The van der Waals surface area contributed by atoms with Crippen molar-refractivity contribution in [3.05, 3.63) is 12.7 Å². The Bertz CT molecular complexity index is 209. The van der Waals surface area contributed by atoms with Gasteiger partial charge in [0.25, 0.3) is 5.79 Å². The maximum Gasteiger partial charge on any atom is 0.407 e. The monoisotopic (exact) mass is 173 g/mol. The zero-order valence-corrected chi connectivity index (χ0v) is 6.99. The molecule has 0 aromatic rings. The lowest BCUT2D eigenvalue weighted by molar-refractivity contribution is -0.188. The van der Waals surface area contributed by atoms with Crippen LogP contribution in [0.1, 0.15) is 13.8 Å².